The van der Waals surface area contributed by atoms with Crippen LogP contribution in [0.25, 0.3) is 10.9 Å². The average molecular weight is 486 g/mol. The minimum atomic E-state index is -0.296. The van der Waals surface area contributed by atoms with E-state index in [0.29, 0.717) is 36.9 Å². The highest BCUT2D eigenvalue weighted by atomic mass is 16.6. The molecule has 0 unspecified atom stereocenters. The lowest BCUT2D eigenvalue weighted by Crippen LogP contribution is -2.43. The van der Waals surface area contributed by atoms with Gasteiger partial charge in [0.1, 0.15) is 24.7 Å². The monoisotopic (exact) mass is 485 g/mol. The van der Waals surface area contributed by atoms with E-state index >= 15 is 0 Å². The molecule has 8 nitrogen and oxygen atoms in total. The summed E-state index contributed by atoms with van der Waals surface area (Å²) in [5, 5.41) is 4.18. The summed E-state index contributed by atoms with van der Waals surface area (Å²) in [7, 11) is 3.32. The van der Waals surface area contributed by atoms with Crippen LogP contribution in [0.1, 0.15) is 22.9 Å². The first-order valence-electron chi connectivity index (χ1n) is 11.9. The molecule has 2 N–H and O–H groups in total. The SMILES string of the molecule is COc1ccc([C@H]2c3[nH]c4ccc(OC)cc4c3CCN2C(=O)Nc2ccc3c(c2)OCCO3)cc1. The number of H-pyrrole nitrogens is 1. The van der Waals surface area contributed by atoms with Gasteiger partial charge in [-0.2, -0.15) is 0 Å². The summed E-state index contributed by atoms with van der Waals surface area (Å²) >= 11 is 0. The van der Waals surface area contributed by atoms with Gasteiger partial charge in [-0.15, -0.1) is 0 Å². The van der Waals surface area contributed by atoms with Gasteiger partial charge in [-0.25, -0.2) is 4.79 Å². The van der Waals surface area contributed by atoms with E-state index in [1.807, 2.05) is 53.4 Å². The minimum Gasteiger partial charge on any atom is -0.497 e. The average Bonchev–Trinajstić information content (AvgIpc) is 3.30. The van der Waals surface area contributed by atoms with E-state index in [-0.39, 0.29) is 12.1 Å². The third-order valence-electron chi connectivity index (χ3n) is 6.82. The molecule has 0 saturated heterocycles. The molecule has 8 heteroatoms. The van der Waals surface area contributed by atoms with Crippen LogP contribution in [0.15, 0.2) is 60.7 Å². The molecule has 2 aliphatic rings. The molecule has 0 bridgehead atoms. The number of fused-ring (bicyclic) bond motifs is 4. The normalized spacial score (nSPS) is 16.4. The second-order valence-corrected chi connectivity index (χ2v) is 8.84. The van der Waals surface area contributed by atoms with Gasteiger partial charge in [-0.3, -0.25) is 0 Å². The van der Waals surface area contributed by atoms with Gasteiger partial charge in [0, 0.05) is 34.9 Å². The molecule has 2 amide bonds. The molecule has 6 rings (SSSR count). The number of hydrogen-bond acceptors (Lipinski definition) is 5. The zero-order valence-electron chi connectivity index (χ0n) is 20.2. The Balaban J connectivity index is 1.38. The van der Waals surface area contributed by atoms with Gasteiger partial charge in [-0.1, -0.05) is 12.1 Å². The lowest BCUT2D eigenvalue weighted by Gasteiger charge is -2.36. The highest BCUT2D eigenvalue weighted by Crippen LogP contribution is 2.40. The van der Waals surface area contributed by atoms with Crippen LogP contribution >= 0.6 is 0 Å². The van der Waals surface area contributed by atoms with Crippen molar-refractivity contribution in [1.29, 1.82) is 0 Å². The number of nitrogens with one attached hydrogen (secondary N) is 2. The van der Waals surface area contributed by atoms with E-state index in [2.05, 4.69) is 16.4 Å². The number of ether oxygens (including phenoxy) is 4. The number of anilines is 1. The van der Waals surface area contributed by atoms with Crippen LogP contribution < -0.4 is 24.3 Å². The van der Waals surface area contributed by atoms with Crippen molar-refractivity contribution >= 4 is 22.6 Å². The third kappa shape index (κ3) is 3.84. The van der Waals surface area contributed by atoms with E-state index in [4.69, 9.17) is 18.9 Å². The lowest BCUT2D eigenvalue weighted by atomic mass is 9.92. The maximum Gasteiger partial charge on any atom is 0.322 e. The van der Waals surface area contributed by atoms with Crippen molar-refractivity contribution in [3.05, 3.63) is 77.5 Å². The quantitative estimate of drug-likeness (QED) is 0.418. The Hall–Kier alpha value is -4.33. The number of carbonyl (C=O) groups excluding carboxylic acids is 1. The first-order chi connectivity index (χ1) is 17.6. The topological polar surface area (TPSA) is 85.1 Å². The zero-order valence-corrected chi connectivity index (χ0v) is 20.2. The maximum atomic E-state index is 13.7. The summed E-state index contributed by atoms with van der Waals surface area (Å²) < 4.78 is 22.1. The summed E-state index contributed by atoms with van der Waals surface area (Å²) in [6.45, 7) is 1.57. The van der Waals surface area contributed by atoms with Crippen molar-refractivity contribution in [2.24, 2.45) is 0 Å². The van der Waals surface area contributed by atoms with Gasteiger partial charge < -0.3 is 34.1 Å². The highest BCUT2D eigenvalue weighted by Gasteiger charge is 2.35. The van der Waals surface area contributed by atoms with Crippen LogP contribution in [-0.4, -0.2) is 49.9 Å². The molecule has 0 radical (unpaired) electrons. The number of carbonyl (C=O) groups is 1. The Kier molecular flexibility index (Phi) is 5.56. The molecule has 184 valence electrons. The molecule has 0 spiro atoms. The summed E-state index contributed by atoms with van der Waals surface area (Å²) in [6, 6.07) is 18.9. The Morgan fingerprint density at radius 1 is 0.944 bits per heavy atom. The Morgan fingerprint density at radius 3 is 2.47 bits per heavy atom. The highest BCUT2D eigenvalue weighted by molar-refractivity contribution is 5.92. The van der Waals surface area contributed by atoms with Crippen molar-refractivity contribution in [1.82, 2.24) is 9.88 Å². The number of benzene rings is 3. The van der Waals surface area contributed by atoms with Crippen LogP contribution in [-0.2, 0) is 6.42 Å². The fourth-order valence-electron chi connectivity index (χ4n) is 5.06. The molecule has 1 atom stereocenters. The van der Waals surface area contributed by atoms with Crippen LogP contribution in [0, 0.1) is 0 Å². The van der Waals surface area contributed by atoms with Crippen molar-refractivity contribution in [3.8, 4) is 23.0 Å². The molecule has 2 aliphatic heterocycles. The Bertz CT molecular complexity index is 1430. The molecule has 1 aromatic heterocycles. The standard InChI is InChI=1S/C28H27N3O5/c1-33-19-6-3-17(4-7-19)27-26-21(22-16-20(34-2)8-9-23(22)30-26)11-12-31(27)28(32)29-18-5-10-24-25(15-18)36-14-13-35-24/h3-10,15-16,27,30H,11-14H2,1-2H3,(H,29,32)/t27-/m0/s1. The van der Waals surface area contributed by atoms with Crippen molar-refractivity contribution in [3.63, 3.8) is 0 Å². The minimum absolute atomic E-state index is 0.186. The lowest BCUT2D eigenvalue weighted by molar-refractivity contribution is 0.171. The first-order valence-corrected chi connectivity index (χ1v) is 11.9. The van der Waals surface area contributed by atoms with Crippen molar-refractivity contribution in [2.75, 3.05) is 39.3 Å². The van der Waals surface area contributed by atoms with E-state index in [1.54, 1.807) is 20.3 Å². The summed E-state index contributed by atoms with van der Waals surface area (Å²) in [6.07, 6.45) is 0.726. The van der Waals surface area contributed by atoms with Gasteiger partial charge in [-0.05, 0) is 60.0 Å². The number of aromatic amines is 1. The molecule has 0 saturated carbocycles. The number of rotatable bonds is 4. The van der Waals surface area contributed by atoms with Gasteiger partial charge in [0.2, 0.25) is 0 Å². The molecular weight excluding hydrogens is 458 g/mol. The molecular formula is C28H27N3O5. The number of urea groups is 1. The molecule has 36 heavy (non-hydrogen) atoms. The maximum absolute atomic E-state index is 13.7. The van der Waals surface area contributed by atoms with E-state index in [9.17, 15) is 4.79 Å². The number of amides is 2. The predicted octanol–water partition coefficient (Wildman–Crippen LogP) is 5.14. The van der Waals surface area contributed by atoms with Gasteiger partial charge in [0.15, 0.2) is 11.5 Å². The van der Waals surface area contributed by atoms with Crippen molar-refractivity contribution < 1.29 is 23.7 Å². The molecule has 3 aromatic carbocycles. The number of hydrogen-bond donors (Lipinski definition) is 2. The van der Waals surface area contributed by atoms with E-state index in [1.165, 1.54) is 5.56 Å². The van der Waals surface area contributed by atoms with Crippen LogP contribution in [0.2, 0.25) is 0 Å². The molecule has 4 aromatic rings. The third-order valence-corrected chi connectivity index (χ3v) is 6.82. The number of methoxy groups -OCH3 is 2. The summed E-state index contributed by atoms with van der Waals surface area (Å²) in [4.78, 5) is 19.1. The molecule has 0 aliphatic carbocycles. The van der Waals surface area contributed by atoms with Crippen molar-refractivity contribution in [2.45, 2.75) is 12.5 Å². The summed E-state index contributed by atoms with van der Waals surface area (Å²) in [5.41, 5.74) is 4.88. The summed E-state index contributed by atoms with van der Waals surface area (Å²) in [5.74, 6) is 2.90. The molecule has 3 heterocycles. The fraction of sp³-hybridized carbons (Fsp3) is 0.250. The molecule has 0 fully saturated rings. The second-order valence-electron chi connectivity index (χ2n) is 8.84. The van der Waals surface area contributed by atoms with Crippen LogP contribution in [0.4, 0.5) is 10.5 Å². The number of nitrogens with zero attached hydrogens (tertiary/aromatic N) is 1. The largest absolute Gasteiger partial charge is 0.497 e. The Labute approximate surface area is 208 Å². The van der Waals surface area contributed by atoms with Gasteiger partial charge in [0.05, 0.1) is 20.3 Å². The van der Waals surface area contributed by atoms with Gasteiger partial charge in [0.25, 0.3) is 0 Å². The van der Waals surface area contributed by atoms with Crippen LogP contribution in [0.5, 0.6) is 23.0 Å². The van der Waals surface area contributed by atoms with Gasteiger partial charge >= 0.3 is 6.03 Å². The number of aromatic nitrogens is 1. The fourth-order valence-corrected chi connectivity index (χ4v) is 5.06. The van der Waals surface area contributed by atoms with Crippen LogP contribution in [0.3, 0.4) is 0 Å². The smallest absolute Gasteiger partial charge is 0.322 e. The Morgan fingerprint density at radius 2 is 1.69 bits per heavy atom. The zero-order chi connectivity index (χ0) is 24.6. The van der Waals surface area contributed by atoms with E-state index in [0.717, 1.165) is 40.1 Å². The first kappa shape index (κ1) is 22.2. The second kappa shape index (κ2) is 9.03. The van der Waals surface area contributed by atoms with E-state index < -0.39 is 0 Å². The predicted molar refractivity (Wildman–Crippen MR) is 137 cm³/mol.